The van der Waals surface area contributed by atoms with Crippen LogP contribution in [0, 0.1) is 13.8 Å². The van der Waals surface area contributed by atoms with Crippen LogP contribution in [0.25, 0.3) is 0 Å². The van der Waals surface area contributed by atoms with Gasteiger partial charge < -0.3 is 9.42 Å². The highest BCUT2D eigenvalue weighted by Gasteiger charge is 2.49. The molecular formula is C14H17F2N5O2. The Hall–Kier alpha value is -2.32. The third-order valence-corrected chi connectivity index (χ3v) is 3.74. The molecule has 0 unspecified atom stereocenters. The van der Waals surface area contributed by atoms with E-state index in [-0.39, 0.29) is 18.2 Å². The van der Waals surface area contributed by atoms with E-state index in [1.807, 2.05) is 6.92 Å². The van der Waals surface area contributed by atoms with Crippen molar-refractivity contribution < 1.29 is 18.1 Å². The molecule has 0 aromatic carbocycles. The topological polar surface area (TPSA) is 77.1 Å². The quantitative estimate of drug-likeness (QED) is 0.858. The molecule has 1 fully saturated rings. The van der Waals surface area contributed by atoms with Gasteiger partial charge in [0.2, 0.25) is 11.8 Å². The lowest BCUT2D eigenvalue weighted by atomic mass is 10.2. The van der Waals surface area contributed by atoms with E-state index in [9.17, 15) is 13.6 Å². The molecule has 23 heavy (non-hydrogen) atoms. The van der Waals surface area contributed by atoms with Crippen molar-refractivity contribution in [2.24, 2.45) is 0 Å². The number of nitrogens with zero attached hydrogens (tertiary/aromatic N) is 5. The third-order valence-electron chi connectivity index (χ3n) is 3.74. The molecule has 9 heteroatoms. The number of alkyl halides is 2. The number of hydrogen-bond donors (Lipinski definition) is 0. The van der Waals surface area contributed by atoms with E-state index in [4.69, 9.17) is 4.52 Å². The highest BCUT2D eigenvalue weighted by Crippen LogP contribution is 2.40. The lowest BCUT2D eigenvalue weighted by Crippen LogP contribution is -2.33. The maximum absolute atomic E-state index is 13.8. The van der Waals surface area contributed by atoms with Crippen LogP contribution in [0.4, 0.5) is 8.78 Å². The number of hydrogen-bond acceptors (Lipinski definition) is 5. The zero-order valence-corrected chi connectivity index (χ0v) is 12.9. The lowest BCUT2D eigenvalue weighted by Gasteiger charge is -2.21. The van der Waals surface area contributed by atoms with Crippen molar-refractivity contribution in [2.45, 2.75) is 45.2 Å². The zero-order valence-electron chi connectivity index (χ0n) is 12.9. The minimum absolute atomic E-state index is 0.0583. The first kappa shape index (κ1) is 15.6. The van der Waals surface area contributed by atoms with Crippen molar-refractivity contribution in [3.05, 3.63) is 29.7 Å². The van der Waals surface area contributed by atoms with Crippen LogP contribution < -0.4 is 0 Å². The van der Waals surface area contributed by atoms with Gasteiger partial charge in [0.1, 0.15) is 6.04 Å². The summed E-state index contributed by atoms with van der Waals surface area (Å²) >= 11 is 0. The van der Waals surface area contributed by atoms with Crippen LogP contribution in [0.1, 0.15) is 36.2 Å². The Morgan fingerprint density at radius 1 is 1.48 bits per heavy atom. The Labute approximate surface area is 131 Å². The van der Waals surface area contributed by atoms with E-state index in [0.29, 0.717) is 12.4 Å². The monoisotopic (exact) mass is 325 g/mol. The average molecular weight is 325 g/mol. The van der Waals surface area contributed by atoms with Gasteiger partial charge in [-0.1, -0.05) is 5.16 Å². The fraction of sp³-hybridized carbons (Fsp3) is 0.571. The number of halogens is 2. The Morgan fingerprint density at radius 2 is 2.26 bits per heavy atom. The number of aryl methyl sites for hydroxylation is 3. The Kier molecular flexibility index (Phi) is 3.87. The largest absolute Gasteiger partial charge is 0.337 e. The van der Waals surface area contributed by atoms with Gasteiger partial charge in [-0.2, -0.15) is 10.1 Å². The van der Waals surface area contributed by atoms with E-state index < -0.39 is 24.9 Å². The fourth-order valence-electron chi connectivity index (χ4n) is 2.69. The van der Waals surface area contributed by atoms with Crippen LogP contribution in [-0.2, 0) is 11.3 Å². The molecule has 0 radical (unpaired) electrons. The smallest absolute Gasteiger partial charge is 0.267 e. The molecule has 0 N–H and O–H groups in total. The van der Waals surface area contributed by atoms with Crippen molar-refractivity contribution >= 4 is 5.91 Å². The van der Waals surface area contributed by atoms with Crippen LogP contribution in [0.15, 0.2) is 16.9 Å². The van der Waals surface area contributed by atoms with Gasteiger partial charge in [-0.25, -0.2) is 8.78 Å². The van der Waals surface area contributed by atoms with E-state index in [1.54, 1.807) is 24.0 Å². The van der Waals surface area contributed by atoms with Crippen LogP contribution in [0.3, 0.4) is 0 Å². The average Bonchev–Trinajstić information content (AvgIpc) is 3.15. The Balaban J connectivity index is 1.71. The highest BCUT2D eigenvalue weighted by atomic mass is 19.3. The summed E-state index contributed by atoms with van der Waals surface area (Å²) in [4.78, 5) is 17.5. The Morgan fingerprint density at radius 3 is 2.87 bits per heavy atom. The maximum atomic E-state index is 13.8. The van der Waals surface area contributed by atoms with Gasteiger partial charge in [-0.3, -0.25) is 9.48 Å². The highest BCUT2D eigenvalue weighted by molar-refractivity contribution is 5.77. The van der Waals surface area contributed by atoms with Crippen molar-refractivity contribution in [3.63, 3.8) is 0 Å². The SMILES string of the molecule is Cc1cnn(CCC(=O)N2CC(F)(F)C[C@H]2c2nc(C)no2)c1. The predicted molar refractivity (Wildman–Crippen MR) is 74.6 cm³/mol. The number of carbonyl (C=O) groups is 1. The third kappa shape index (κ3) is 3.38. The number of rotatable bonds is 4. The molecule has 0 aliphatic carbocycles. The summed E-state index contributed by atoms with van der Waals surface area (Å²) in [5, 5.41) is 7.70. The normalized spacial score (nSPS) is 20.2. The molecule has 1 aliphatic heterocycles. The first-order valence-electron chi connectivity index (χ1n) is 7.31. The summed E-state index contributed by atoms with van der Waals surface area (Å²) in [6.45, 7) is 3.20. The van der Waals surface area contributed by atoms with Gasteiger partial charge in [0, 0.05) is 25.6 Å². The number of carbonyl (C=O) groups excluding carboxylic acids is 1. The first-order chi connectivity index (χ1) is 10.8. The second-order valence-electron chi connectivity index (χ2n) is 5.81. The van der Waals surface area contributed by atoms with Gasteiger partial charge in [-0.15, -0.1) is 0 Å². The molecule has 0 bridgehead atoms. The maximum Gasteiger partial charge on any atom is 0.267 e. The van der Waals surface area contributed by atoms with Crippen molar-refractivity contribution in [2.75, 3.05) is 6.54 Å². The van der Waals surface area contributed by atoms with Gasteiger partial charge in [-0.05, 0) is 19.4 Å². The van der Waals surface area contributed by atoms with Crippen molar-refractivity contribution in [1.29, 1.82) is 0 Å². The van der Waals surface area contributed by atoms with Crippen molar-refractivity contribution in [1.82, 2.24) is 24.8 Å². The molecule has 1 aliphatic rings. The molecule has 3 heterocycles. The molecular weight excluding hydrogens is 308 g/mol. The fourth-order valence-corrected chi connectivity index (χ4v) is 2.69. The molecule has 1 amide bonds. The molecule has 0 saturated carbocycles. The van der Waals surface area contributed by atoms with Crippen molar-refractivity contribution in [3.8, 4) is 0 Å². The molecule has 1 atom stereocenters. The summed E-state index contributed by atoms with van der Waals surface area (Å²) < 4.78 is 34.1. The second-order valence-corrected chi connectivity index (χ2v) is 5.81. The first-order valence-corrected chi connectivity index (χ1v) is 7.31. The van der Waals surface area contributed by atoms with E-state index in [0.717, 1.165) is 10.5 Å². The number of likely N-dealkylation sites (tertiary alicyclic amines) is 1. The predicted octanol–water partition coefficient (Wildman–Crippen LogP) is 1.88. The summed E-state index contributed by atoms with van der Waals surface area (Å²) in [5.41, 5.74) is 0.976. The van der Waals surface area contributed by atoms with E-state index >= 15 is 0 Å². The summed E-state index contributed by atoms with van der Waals surface area (Å²) in [6, 6.07) is -0.877. The number of amides is 1. The van der Waals surface area contributed by atoms with Crippen LogP contribution >= 0.6 is 0 Å². The zero-order chi connectivity index (χ0) is 16.6. The van der Waals surface area contributed by atoms with Gasteiger partial charge in [0.25, 0.3) is 5.92 Å². The molecule has 124 valence electrons. The molecule has 7 nitrogen and oxygen atoms in total. The Bertz CT molecular complexity index is 712. The standard InChI is InChI=1S/C14H17F2N5O2/c1-9-6-17-20(7-9)4-3-12(22)21-8-14(15,16)5-11(21)13-18-10(2)19-23-13/h6-7,11H,3-5,8H2,1-2H3/t11-/m0/s1. The summed E-state index contributed by atoms with van der Waals surface area (Å²) in [5.74, 6) is -2.92. The van der Waals surface area contributed by atoms with E-state index in [1.165, 1.54) is 0 Å². The lowest BCUT2D eigenvalue weighted by molar-refractivity contribution is -0.134. The molecule has 1 saturated heterocycles. The number of aromatic nitrogens is 4. The molecule has 0 spiro atoms. The molecule has 2 aromatic rings. The minimum atomic E-state index is -2.95. The van der Waals surface area contributed by atoms with Crippen LogP contribution in [0.2, 0.25) is 0 Å². The van der Waals surface area contributed by atoms with Crippen LogP contribution in [0.5, 0.6) is 0 Å². The van der Waals surface area contributed by atoms with Gasteiger partial charge >= 0.3 is 0 Å². The molecule has 2 aromatic heterocycles. The second kappa shape index (κ2) is 5.71. The minimum Gasteiger partial charge on any atom is -0.337 e. The van der Waals surface area contributed by atoms with Gasteiger partial charge in [0.05, 0.1) is 12.7 Å². The summed E-state index contributed by atoms with van der Waals surface area (Å²) in [7, 11) is 0. The summed E-state index contributed by atoms with van der Waals surface area (Å²) in [6.07, 6.45) is 3.06. The molecule has 3 rings (SSSR count). The van der Waals surface area contributed by atoms with Crippen LogP contribution in [-0.4, -0.2) is 43.2 Å². The van der Waals surface area contributed by atoms with E-state index in [2.05, 4.69) is 15.2 Å². The van der Waals surface area contributed by atoms with Gasteiger partial charge in [0.15, 0.2) is 5.82 Å².